The normalized spacial score (nSPS) is 10.6. The van der Waals surface area contributed by atoms with Crippen molar-refractivity contribution in [1.29, 1.82) is 0 Å². The Bertz CT molecular complexity index is 635. The smallest absolute Gasteiger partial charge is 0.335 e. The average molecular weight is 271 g/mol. The molecule has 0 aromatic heterocycles. The molecule has 2 rings (SSSR count). The number of anilines is 1. The second-order valence-corrected chi connectivity index (χ2v) is 4.89. The molecule has 0 saturated carbocycles. The molecule has 0 aliphatic rings. The fourth-order valence-electron chi connectivity index (χ4n) is 1.84. The van der Waals surface area contributed by atoms with E-state index in [0.717, 1.165) is 0 Å². The average Bonchev–Trinajstić information content (AvgIpc) is 2.41. The van der Waals surface area contributed by atoms with Crippen LogP contribution in [0.1, 0.15) is 35.7 Å². The van der Waals surface area contributed by atoms with Crippen molar-refractivity contribution in [1.82, 2.24) is 0 Å². The van der Waals surface area contributed by atoms with Crippen molar-refractivity contribution in [3.8, 4) is 11.5 Å². The lowest BCUT2D eigenvalue weighted by atomic mass is 10.0. The molecule has 4 nitrogen and oxygen atoms in total. The first-order chi connectivity index (χ1) is 9.47. The lowest BCUT2D eigenvalue weighted by Crippen LogP contribution is -1.99. The molecular weight excluding hydrogens is 254 g/mol. The van der Waals surface area contributed by atoms with Gasteiger partial charge in [0.1, 0.15) is 11.5 Å². The third-order valence-electron chi connectivity index (χ3n) is 3.01. The molecule has 104 valence electrons. The summed E-state index contributed by atoms with van der Waals surface area (Å²) in [6.07, 6.45) is 0. The molecule has 0 bridgehead atoms. The van der Waals surface area contributed by atoms with E-state index in [1.54, 1.807) is 6.07 Å². The fourth-order valence-corrected chi connectivity index (χ4v) is 1.84. The zero-order valence-electron chi connectivity index (χ0n) is 11.5. The van der Waals surface area contributed by atoms with E-state index in [1.807, 2.05) is 24.3 Å². The van der Waals surface area contributed by atoms with E-state index in [-0.39, 0.29) is 5.56 Å². The quantitative estimate of drug-likeness (QED) is 0.828. The predicted molar refractivity (Wildman–Crippen MR) is 78.4 cm³/mol. The van der Waals surface area contributed by atoms with Crippen LogP contribution in [-0.2, 0) is 0 Å². The molecule has 2 aromatic carbocycles. The maximum absolute atomic E-state index is 10.8. The highest BCUT2D eigenvalue weighted by Gasteiger charge is 2.08. The summed E-state index contributed by atoms with van der Waals surface area (Å²) in [7, 11) is 0. The number of carboxylic acid groups (broad SMARTS) is 1. The largest absolute Gasteiger partial charge is 0.478 e. The fraction of sp³-hybridized carbons (Fsp3) is 0.188. The van der Waals surface area contributed by atoms with Gasteiger partial charge in [-0.1, -0.05) is 26.0 Å². The first-order valence-electron chi connectivity index (χ1n) is 6.38. The molecule has 0 aliphatic heterocycles. The highest BCUT2D eigenvalue weighted by atomic mass is 16.5. The molecule has 0 atom stereocenters. The van der Waals surface area contributed by atoms with Gasteiger partial charge in [-0.3, -0.25) is 0 Å². The second kappa shape index (κ2) is 5.65. The van der Waals surface area contributed by atoms with Gasteiger partial charge in [-0.05, 0) is 41.8 Å². The third kappa shape index (κ3) is 3.09. The highest BCUT2D eigenvalue weighted by Crippen LogP contribution is 2.29. The number of aromatic carboxylic acids is 1. The van der Waals surface area contributed by atoms with Gasteiger partial charge in [0.2, 0.25) is 0 Å². The highest BCUT2D eigenvalue weighted by molar-refractivity contribution is 5.89. The van der Waals surface area contributed by atoms with Gasteiger partial charge >= 0.3 is 5.97 Å². The van der Waals surface area contributed by atoms with Crippen LogP contribution in [0.3, 0.4) is 0 Å². The van der Waals surface area contributed by atoms with Gasteiger partial charge in [0.05, 0.1) is 11.3 Å². The number of hydrogen-bond acceptors (Lipinski definition) is 3. The molecule has 0 aliphatic carbocycles. The van der Waals surface area contributed by atoms with Crippen LogP contribution in [-0.4, -0.2) is 11.1 Å². The summed E-state index contributed by atoms with van der Waals surface area (Å²) in [4.78, 5) is 10.8. The van der Waals surface area contributed by atoms with Gasteiger partial charge in [-0.25, -0.2) is 4.79 Å². The van der Waals surface area contributed by atoms with Crippen molar-refractivity contribution < 1.29 is 14.6 Å². The number of rotatable bonds is 4. The molecule has 20 heavy (non-hydrogen) atoms. The number of nitrogens with two attached hydrogens (primary N) is 1. The van der Waals surface area contributed by atoms with E-state index in [0.29, 0.717) is 23.1 Å². The summed E-state index contributed by atoms with van der Waals surface area (Å²) in [6.45, 7) is 4.21. The Morgan fingerprint density at radius 3 is 2.55 bits per heavy atom. The Labute approximate surface area is 117 Å². The van der Waals surface area contributed by atoms with Gasteiger partial charge in [-0.2, -0.15) is 0 Å². The lowest BCUT2D eigenvalue weighted by Gasteiger charge is -2.11. The van der Waals surface area contributed by atoms with Crippen LogP contribution in [0.4, 0.5) is 5.69 Å². The standard InChI is InChI=1S/C16H17NO3/c1-10(2)11-4-3-5-13(8-11)20-15-7-6-12(16(18)19)9-14(15)17/h3-10H,17H2,1-2H3,(H,18,19). The van der Waals surface area contributed by atoms with Crippen LogP contribution in [0.15, 0.2) is 42.5 Å². The maximum Gasteiger partial charge on any atom is 0.335 e. The van der Waals surface area contributed by atoms with Crippen molar-refractivity contribution in [2.45, 2.75) is 19.8 Å². The first-order valence-corrected chi connectivity index (χ1v) is 6.38. The molecule has 0 amide bonds. The molecule has 3 N–H and O–H groups in total. The van der Waals surface area contributed by atoms with Crippen LogP contribution in [0.5, 0.6) is 11.5 Å². The lowest BCUT2D eigenvalue weighted by molar-refractivity contribution is 0.0697. The zero-order valence-corrected chi connectivity index (χ0v) is 11.5. The van der Waals surface area contributed by atoms with Crippen LogP contribution in [0.2, 0.25) is 0 Å². The minimum atomic E-state index is -1.01. The Morgan fingerprint density at radius 1 is 1.20 bits per heavy atom. The van der Waals surface area contributed by atoms with Gasteiger partial charge in [-0.15, -0.1) is 0 Å². The minimum Gasteiger partial charge on any atom is -0.478 e. The van der Waals surface area contributed by atoms with Crippen molar-refractivity contribution in [2.24, 2.45) is 0 Å². The molecule has 0 radical (unpaired) electrons. The number of carbonyl (C=O) groups is 1. The Morgan fingerprint density at radius 2 is 1.95 bits per heavy atom. The molecule has 0 spiro atoms. The molecule has 4 heteroatoms. The van der Waals surface area contributed by atoms with Crippen molar-refractivity contribution in [3.63, 3.8) is 0 Å². The Kier molecular flexibility index (Phi) is 3.94. The SMILES string of the molecule is CC(C)c1cccc(Oc2ccc(C(=O)O)cc2N)c1. The molecule has 0 saturated heterocycles. The maximum atomic E-state index is 10.8. The van der Waals surface area contributed by atoms with E-state index < -0.39 is 5.97 Å². The Hall–Kier alpha value is -2.49. The summed E-state index contributed by atoms with van der Waals surface area (Å²) in [6, 6.07) is 12.2. The van der Waals surface area contributed by atoms with E-state index in [2.05, 4.69) is 13.8 Å². The van der Waals surface area contributed by atoms with E-state index in [1.165, 1.54) is 17.7 Å². The zero-order chi connectivity index (χ0) is 14.7. The van der Waals surface area contributed by atoms with Crippen molar-refractivity contribution in [3.05, 3.63) is 53.6 Å². The number of carboxylic acids is 1. The third-order valence-corrected chi connectivity index (χ3v) is 3.01. The van der Waals surface area contributed by atoms with Gasteiger partial charge in [0.15, 0.2) is 0 Å². The van der Waals surface area contributed by atoms with Crippen molar-refractivity contribution >= 4 is 11.7 Å². The summed E-state index contributed by atoms with van der Waals surface area (Å²) < 4.78 is 5.72. The summed E-state index contributed by atoms with van der Waals surface area (Å²) >= 11 is 0. The van der Waals surface area contributed by atoms with E-state index >= 15 is 0 Å². The predicted octanol–water partition coefficient (Wildman–Crippen LogP) is 3.88. The molecule has 2 aromatic rings. The van der Waals surface area contributed by atoms with Gasteiger partial charge in [0, 0.05) is 0 Å². The topological polar surface area (TPSA) is 72.5 Å². The number of ether oxygens (including phenoxy) is 1. The monoisotopic (exact) mass is 271 g/mol. The molecule has 0 fully saturated rings. The minimum absolute atomic E-state index is 0.144. The number of nitrogen functional groups attached to an aromatic ring is 1. The summed E-state index contributed by atoms with van der Waals surface area (Å²) in [5.74, 6) is 0.539. The second-order valence-electron chi connectivity index (χ2n) is 4.89. The summed E-state index contributed by atoms with van der Waals surface area (Å²) in [5.41, 5.74) is 7.44. The van der Waals surface area contributed by atoms with Crippen LogP contribution in [0.25, 0.3) is 0 Å². The van der Waals surface area contributed by atoms with E-state index in [9.17, 15) is 4.79 Å². The molecule has 0 heterocycles. The van der Waals surface area contributed by atoms with Gasteiger partial charge in [0.25, 0.3) is 0 Å². The van der Waals surface area contributed by atoms with Crippen molar-refractivity contribution in [2.75, 3.05) is 5.73 Å². The molecular formula is C16H17NO3. The van der Waals surface area contributed by atoms with Crippen LogP contribution in [0, 0.1) is 0 Å². The Balaban J connectivity index is 2.26. The van der Waals surface area contributed by atoms with Crippen LogP contribution < -0.4 is 10.5 Å². The summed E-state index contributed by atoms with van der Waals surface area (Å²) in [5, 5.41) is 8.89. The van der Waals surface area contributed by atoms with Gasteiger partial charge < -0.3 is 15.6 Å². The number of hydrogen-bond donors (Lipinski definition) is 2. The number of benzene rings is 2. The van der Waals surface area contributed by atoms with Crippen LogP contribution >= 0.6 is 0 Å². The molecule has 0 unspecified atom stereocenters. The van der Waals surface area contributed by atoms with E-state index in [4.69, 9.17) is 15.6 Å². The first kappa shape index (κ1) is 13.9.